The molecule has 0 aliphatic carbocycles. The van der Waals surface area contributed by atoms with Crippen LogP contribution in [0.2, 0.25) is 5.02 Å². The van der Waals surface area contributed by atoms with Crippen LogP contribution >= 0.6 is 11.6 Å². The molecule has 25 heavy (non-hydrogen) atoms. The molecular formula is C19H25ClN2O3. The molecule has 2 aromatic rings. The number of rotatable bonds is 9. The van der Waals surface area contributed by atoms with Gasteiger partial charge in [0.05, 0.1) is 18.7 Å². The summed E-state index contributed by atoms with van der Waals surface area (Å²) in [5.41, 5.74) is 1.62. The van der Waals surface area contributed by atoms with Crippen LogP contribution in [0.25, 0.3) is 11.3 Å². The van der Waals surface area contributed by atoms with Gasteiger partial charge in [0.1, 0.15) is 0 Å². The number of hydrogen-bond donors (Lipinski definition) is 1. The van der Waals surface area contributed by atoms with Crippen molar-refractivity contribution in [3.8, 4) is 11.3 Å². The highest BCUT2D eigenvalue weighted by Crippen LogP contribution is 2.23. The number of carbonyl (C=O) groups is 1. The molecule has 136 valence electrons. The second kappa shape index (κ2) is 9.59. The Morgan fingerprint density at radius 1 is 1.32 bits per heavy atom. The fourth-order valence-corrected chi connectivity index (χ4v) is 2.59. The number of benzene rings is 1. The zero-order chi connectivity index (χ0) is 18.2. The molecule has 0 bridgehead atoms. The summed E-state index contributed by atoms with van der Waals surface area (Å²) in [4.78, 5) is 12.0. The van der Waals surface area contributed by atoms with Crippen molar-refractivity contribution in [1.82, 2.24) is 10.5 Å². The lowest BCUT2D eigenvalue weighted by Gasteiger charge is -2.16. The van der Waals surface area contributed by atoms with Crippen molar-refractivity contribution in [3.63, 3.8) is 0 Å². The molecule has 1 aromatic heterocycles. The maximum absolute atomic E-state index is 12.0. The van der Waals surface area contributed by atoms with Crippen LogP contribution in [0.1, 0.15) is 26.0 Å². The van der Waals surface area contributed by atoms with Gasteiger partial charge in [0.2, 0.25) is 0 Å². The Labute approximate surface area is 153 Å². The van der Waals surface area contributed by atoms with Crippen LogP contribution in [-0.2, 0) is 16.0 Å². The van der Waals surface area contributed by atoms with Gasteiger partial charge in [0.25, 0.3) is 0 Å². The third kappa shape index (κ3) is 5.87. The van der Waals surface area contributed by atoms with Crippen LogP contribution in [0, 0.1) is 11.8 Å². The molecule has 1 heterocycles. The number of carbonyl (C=O) groups excluding carboxylic acids is 1. The Balaban J connectivity index is 2.00. The van der Waals surface area contributed by atoms with Gasteiger partial charge in [-0.2, -0.15) is 0 Å². The van der Waals surface area contributed by atoms with Crippen LogP contribution in [0.4, 0.5) is 0 Å². The molecule has 2 atom stereocenters. The minimum atomic E-state index is -0.294. The van der Waals surface area contributed by atoms with E-state index >= 15 is 0 Å². The van der Waals surface area contributed by atoms with Crippen LogP contribution < -0.4 is 5.32 Å². The van der Waals surface area contributed by atoms with E-state index < -0.39 is 0 Å². The van der Waals surface area contributed by atoms with Gasteiger partial charge in [-0.05, 0) is 36.7 Å². The number of hydrogen-bond acceptors (Lipinski definition) is 5. The molecule has 0 saturated heterocycles. The van der Waals surface area contributed by atoms with Gasteiger partial charge in [0, 0.05) is 29.6 Å². The number of aromatic nitrogens is 1. The molecule has 1 N–H and O–H groups in total. The Morgan fingerprint density at radius 3 is 2.68 bits per heavy atom. The molecule has 2 rings (SSSR count). The minimum Gasteiger partial charge on any atom is -0.469 e. The highest BCUT2D eigenvalue weighted by Gasteiger charge is 2.22. The van der Waals surface area contributed by atoms with E-state index in [1.165, 1.54) is 7.11 Å². The van der Waals surface area contributed by atoms with E-state index in [2.05, 4.69) is 24.3 Å². The third-order valence-electron chi connectivity index (χ3n) is 4.26. The topological polar surface area (TPSA) is 64.4 Å². The lowest BCUT2D eigenvalue weighted by Crippen LogP contribution is -2.33. The number of ether oxygens (including phenoxy) is 1. The summed E-state index contributed by atoms with van der Waals surface area (Å²) in [5.74, 6) is 0.689. The summed E-state index contributed by atoms with van der Waals surface area (Å²) < 4.78 is 10.3. The summed E-state index contributed by atoms with van der Waals surface area (Å²) in [5, 5.41) is 8.10. The zero-order valence-electron chi connectivity index (χ0n) is 14.9. The van der Waals surface area contributed by atoms with E-state index in [1.54, 1.807) is 12.1 Å². The van der Waals surface area contributed by atoms with Gasteiger partial charge in [-0.3, -0.25) is 4.79 Å². The third-order valence-corrected chi connectivity index (χ3v) is 4.51. The molecule has 0 saturated carbocycles. The molecule has 5 nitrogen and oxygen atoms in total. The molecule has 0 aliphatic rings. The Hall–Kier alpha value is -1.85. The van der Waals surface area contributed by atoms with Gasteiger partial charge >= 0.3 is 5.97 Å². The minimum absolute atomic E-state index is 0.243. The molecule has 0 radical (unpaired) electrons. The number of nitrogens with one attached hydrogen (secondary N) is 1. The summed E-state index contributed by atoms with van der Waals surface area (Å²) in [6.45, 7) is 5.76. The van der Waals surface area contributed by atoms with E-state index in [0.29, 0.717) is 29.7 Å². The average molecular weight is 365 g/mol. The first-order valence-electron chi connectivity index (χ1n) is 8.53. The Morgan fingerprint density at radius 2 is 2.04 bits per heavy atom. The summed E-state index contributed by atoms with van der Waals surface area (Å²) in [7, 11) is 1.41. The monoisotopic (exact) mass is 364 g/mol. The highest BCUT2D eigenvalue weighted by molar-refractivity contribution is 6.30. The maximum Gasteiger partial charge on any atom is 0.310 e. The lowest BCUT2D eigenvalue weighted by molar-refractivity contribution is -0.145. The first-order valence-corrected chi connectivity index (χ1v) is 8.91. The summed E-state index contributed by atoms with van der Waals surface area (Å²) in [6, 6.07) is 9.20. The van der Waals surface area contributed by atoms with Gasteiger partial charge in [0.15, 0.2) is 5.76 Å². The fraction of sp³-hybridized carbons (Fsp3) is 0.474. The quantitative estimate of drug-likeness (QED) is 0.682. The molecule has 0 aliphatic heterocycles. The normalized spacial score (nSPS) is 13.4. The first kappa shape index (κ1) is 19.5. The number of esters is 1. The molecule has 2 unspecified atom stereocenters. The van der Waals surface area contributed by atoms with Crippen LogP contribution in [-0.4, -0.2) is 31.3 Å². The van der Waals surface area contributed by atoms with E-state index in [-0.39, 0.29) is 11.9 Å². The number of halogens is 1. The van der Waals surface area contributed by atoms with Gasteiger partial charge in [-0.1, -0.05) is 37.0 Å². The standard InChI is InChI=1S/C19H25ClN2O3/c1-4-13(2)11-21-12-15(19(23)24-3)9-17-10-18(25-22-17)14-5-7-16(20)8-6-14/h5-8,10,13,15,21H,4,9,11-12H2,1-3H3. The van der Waals surface area contributed by atoms with E-state index in [4.69, 9.17) is 20.9 Å². The van der Waals surface area contributed by atoms with Crippen LogP contribution in [0.15, 0.2) is 34.9 Å². The highest BCUT2D eigenvalue weighted by atomic mass is 35.5. The fourth-order valence-electron chi connectivity index (χ4n) is 2.46. The van der Waals surface area contributed by atoms with Gasteiger partial charge in [-0.25, -0.2) is 0 Å². The SMILES string of the molecule is CCC(C)CNCC(Cc1cc(-c2ccc(Cl)cc2)on1)C(=O)OC. The predicted octanol–water partition coefficient (Wildman–Crippen LogP) is 3.96. The number of nitrogens with zero attached hydrogens (tertiary/aromatic N) is 1. The molecule has 1 aromatic carbocycles. The summed E-state index contributed by atoms with van der Waals surface area (Å²) in [6.07, 6.45) is 1.57. The van der Waals surface area contributed by atoms with Crippen molar-refractivity contribution < 1.29 is 14.1 Å². The van der Waals surface area contributed by atoms with Crippen LogP contribution in [0.5, 0.6) is 0 Å². The molecule has 6 heteroatoms. The van der Waals surface area contributed by atoms with Crippen molar-refractivity contribution in [1.29, 1.82) is 0 Å². The predicted molar refractivity (Wildman–Crippen MR) is 98.5 cm³/mol. The number of methoxy groups -OCH3 is 1. The Kier molecular flexibility index (Phi) is 7.47. The summed E-state index contributed by atoms with van der Waals surface area (Å²) >= 11 is 5.90. The molecule has 0 fully saturated rings. The van der Waals surface area contributed by atoms with Crippen molar-refractivity contribution in [2.24, 2.45) is 11.8 Å². The average Bonchev–Trinajstić information content (AvgIpc) is 3.09. The lowest BCUT2D eigenvalue weighted by atomic mass is 10.0. The van der Waals surface area contributed by atoms with Crippen molar-refractivity contribution in [3.05, 3.63) is 41.0 Å². The van der Waals surface area contributed by atoms with Gasteiger partial charge < -0.3 is 14.6 Å². The van der Waals surface area contributed by atoms with Crippen molar-refractivity contribution in [2.75, 3.05) is 20.2 Å². The van der Waals surface area contributed by atoms with Crippen LogP contribution in [0.3, 0.4) is 0 Å². The zero-order valence-corrected chi connectivity index (χ0v) is 15.7. The maximum atomic E-state index is 12.0. The first-order chi connectivity index (χ1) is 12.0. The van der Waals surface area contributed by atoms with Gasteiger partial charge in [-0.15, -0.1) is 0 Å². The molecular weight excluding hydrogens is 340 g/mol. The van der Waals surface area contributed by atoms with Crippen molar-refractivity contribution >= 4 is 17.6 Å². The van der Waals surface area contributed by atoms with E-state index in [9.17, 15) is 4.79 Å². The Bertz CT molecular complexity index is 670. The van der Waals surface area contributed by atoms with E-state index in [0.717, 1.165) is 24.2 Å². The van der Waals surface area contributed by atoms with E-state index in [1.807, 2.05) is 18.2 Å². The second-order valence-corrected chi connectivity index (χ2v) is 6.72. The largest absolute Gasteiger partial charge is 0.469 e. The molecule has 0 spiro atoms. The molecule has 0 amide bonds. The smallest absolute Gasteiger partial charge is 0.310 e. The van der Waals surface area contributed by atoms with Crippen molar-refractivity contribution in [2.45, 2.75) is 26.7 Å². The second-order valence-electron chi connectivity index (χ2n) is 6.29.